The molecule has 188 valence electrons. The molecule has 2 atom stereocenters. The van der Waals surface area contributed by atoms with Crippen LogP contribution in [0.15, 0.2) is 67.3 Å². The number of nitrogens with one attached hydrogen (secondary N) is 2. The molecule has 2 fully saturated rings. The van der Waals surface area contributed by atoms with Crippen molar-refractivity contribution >= 4 is 5.91 Å². The number of rotatable bonds is 10. The van der Waals surface area contributed by atoms with Gasteiger partial charge in [-0.3, -0.25) is 10.0 Å². The molecule has 0 spiro atoms. The quantitative estimate of drug-likeness (QED) is 0.297. The van der Waals surface area contributed by atoms with E-state index in [9.17, 15) is 4.79 Å². The largest absolute Gasteiger partial charge is 0.313 e. The molecule has 0 unspecified atom stereocenters. The molecule has 1 saturated carbocycles. The van der Waals surface area contributed by atoms with Gasteiger partial charge in [-0.1, -0.05) is 36.4 Å². The molecule has 2 aromatic carbocycles. The summed E-state index contributed by atoms with van der Waals surface area (Å²) in [6, 6.07) is 17.0. The minimum absolute atomic E-state index is 0.468. The van der Waals surface area contributed by atoms with Crippen molar-refractivity contribution in [2.24, 2.45) is 5.92 Å². The Morgan fingerprint density at radius 2 is 1.69 bits per heavy atom. The summed E-state index contributed by atoms with van der Waals surface area (Å²) in [6.07, 6.45) is 11.2. The Kier molecular flexibility index (Phi) is 8.01. The number of amides is 1. The number of aryl methyl sites for hydroxylation is 1. The number of hydrogen-bond donors (Lipinski definition) is 3. The maximum Gasteiger partial charge on any atom is 0.274 e. The molecule has 2 aliphatic rings. The zero-order valence-corrected chi connectivity index (χ0v) is 20.6. The summed E-state index contributed by atoms with van der Waals surface area (Å²) in [5, 5.41) is 12.5. The number of carbonyl (C=O) groups excluding carboxylic acids is 1. The lowest BCUT2D eigenvalue weighted by molar-refractivity contribution is 0.0706. The molecule has 7 nitrogen and oxygen atoms in total. The number of hydrogen-bond acceptors (Lipinski definition) is 6. The van der Waals surface area contributed by atoms with Gasteiger partial charge in [0.15, 0.2) is 0 Å². The first kappa shape index (κ1) is 24.6. The van der Waals surface area contributed by atoms with Gasteiger partial charge in [0.25, 0.3) is 5.91 Å². The highest BCUT2D eigenvalue weighted by Gasteiger charge is 2.38. The van der Waals surface area contributed by atoms with Crippen molar-refractivity contribution in [3.63, 3.8) is 0 Å². The number of carbonyl (C=O) groups is 1. The number of nitrogens with zero attached hydrogens (tertiary/aromatic N) is 3. The van der Waals surface area contributed by atoms with Crippen LogP contribution in [0.4, 0.5) is 0 Å². The fourth-order valence-electron chi connectivity index (χ4n) is 5.29. The predicted molar refractivity (Wildman–Crippen MR) is 140 cm³/mol. The normalized spacial score (nSPS) is 20.2. The third-order valence-electron chi connectivity index (χ3n) is 7.66. The second kappa shape index (κ2) is 11.7. The fourth-order valence-corrected chi connectivity index (χ4v) is 5.29. The Balaban J connectivity index is 0.972. The lowest BCUT2D eigenvalue weighted by atomic mass is 9.96. The van der Waals surface area contributed by atoms with E-state index < -0.39 is 5.91 Å². The lowest BCUT2D eigenvalue weighted by Crippen LogP contribution is -2.38. The molecule has 0 radical (unpaired) electrons. The Bertz CT molecular complexity index is 1110. The highest BCUT2D eigenvalue weighted by atomic mass is 16.5. The fraction of sp³-hybridized carbons (Fsp3) is 0.414. The molecule has 7 heteroatoms. The topological polar surface area (TPSA) is 90.4 Å². The molecular formula is C29H35N5O2. The van der Waals surface area contributed by atoms with Gasteiger partial charge in [0.05, 0.1) is 0 Å². The Labute approximate surface area is 212 Å². The van der Waals surface area contributed by atoms with Crippen LogP contribution in [0.1, 0.15) is 53.1 Å². The lowest BCUT2D eigenvalue weighted by Gasteiger charge is -2.32. The molecule has 3 N–H and O–H groups in total. The third-order valence-corrected chi connectivity index (χ3v) is 7.66. The minimum Gasteiger partial charge on any atom is -0.313 e. The molecule has 1 saturated heterocycles. The van der Waals surface area contributed by atoms with E-state index in [0.29, 0.717) is 17.5 Å². The standard InChI is InChI=1S/C29H35N5O2/c35-29(33-36)25-5-3-21(4-6-25)2-1-13-34-14-11-22(12-15-34)17-32-28-16-27(28)24-9-7-23(8-10-24)26-18-30-20-31-19-26/h3-10,18-20,22,27-28,32,36H,1-2,11-17H2,(H,33,35)/t27-,28+/m0/s1. The van der Waals surface area contributed by atoms with Crippen LogP contribution in [0.5, 0.6) is 0 Å². The summed E-state index contributed by atoms with van der Waals surface area (Å²) < 4.78 is 0. The maximum absolute atomic E-state index is 11.4. The van der Waals surface area contributed by atoms with Gasteiger partial charge in [-0.05, 0) is 93.0 Å². The predicted octanol–water partition coefficient (Wildman–Crippen LogP) is 4.05. The first-order valence-electron chi connectivity index (χ1n) is 13.0. The van der Waals surface area contributed by atoms with Gasteiger partial charge >= 0.3 is 0 Å². The highest BCUT2D eigenvalue weighted by molar-refractivity contribution is 5.93. The van der Waals surface area contributed by atoms with Gasteiger partial charge in [-0.15, -0.1) is 0 Å². The van der Waals surface area contributed by atoms with Crippen LogP contribution in [-0.4, -0.2) is 58.2 Å². The van der Waals surface area contributed by atoms with E-state index in [0.717, 1.165) is 37.4 Å². The van der Waals surface area contributed by atoms with Crippen LogP contribution in [0.3, 0.4) is 0 Å². The molecule has 3 aromatic rings. The van der Waals surface area contributed by atoms with Crippen LogP contribution in [0.25, 0.3) is 11.1 Å². The summed E-state index contributed by atoms with van der Waals surface area (Å²) in [6.45, 7) is 4.61. The van der Waals surface area contributed by atoms with E-state index in [1.165, 1.54) is 49.0 Å². The summed E-state index contributed by atoms with van der Waals surface area (Å²) in [5.41, 5.74) is 7.03. The van der Waals surface area contributed by atoms with E-state index in [4.69, 9.17) is 5.21 Å². The average Bonchev–Trinajstić information content (AvgIpc) is 3.73. The van der Waals surface area contributed by atoms with E-state index in [-0.39, 0.29) is 0 Å². The molecule has 1 amide bonds. The zero-order valence-electron chi connectivity index (χ0n) is 20.6. The van der Waals surface area contributed by atoms with E-state index in [2.05, 4.69) is 44.5 Å². The van der Waals surface area contributed by atoms with Crippen LogP contribution >= 0.6 is 0 Å². The first-order valence-corrected chi connectivity index (χ1v) is 13.0. The Morgan fingerprint density at radius 1 is 0.972 bits per heavy atom. The van der Waals surface area contributed by atoms with Crippen LogP contribution in [0, 0.1) is 5.92 Å². The highest BCUT2D eigenvalue weighted by Crippen LogP contribution is 2.41. The Morgan fingerprint density at radius 3 is 2.39 bits per heavy atom. The van der Waals surface area contributed by atoms with Gasteiger partial charge in [-0.25, -0.2) is 15.4 Å². The molecule has 1 aliphatic heterocycles. The molecule has 1 aliphatic carbocycles. The summed E-state index contributed by atoms with van der Waals surface area (Å²) in [5.74, 6) is 0.941. The monoisotopic (exact) mass is 485 g/mol. The van der Waals surface area contributed by atoms with E-state index in [1.807, 2.05) is 24.5 Å². The van der Waals surface area contributed by atoms with E-state index in [1.54, 1.807) is 23.9 Å². The second-order valence-corrected chi connectivity index (χ2v) is 10.1. The van der Waals surface area contributed by atoms with Gasteiger partial charge in [-0.2, -0.15) is 0 Å². The molecule has 5 rings (SSSR count). The van der Waals surface area contributed by atoms with Crippen molar-refractivity contribution in [1.82, 2.24) is 25.7 Å². The average molecular weight is 486 g/mol. The van der Waals surface area contributed by atoms with Crippen LogP contribution < -0.4 is 10.8 Å². The number of likely N-dealkylation sites (tertiary alicyclic amines) is 1. The van der Waals surface area contributed by atoms with Crippen LogP contribution in [-0.2, 0) is 6.42 Å². The summed E-state index contributed by atoms with van der Waals surface area (Å²) in [4.78, 5) is 22.2. The number of hydroxylamine groups is 1. The van der Waals surface area contributed by atoms with Crippen molar-refractivity contribution in [2.45, 2.75) is 44.1 Å². The van der Waals surface area contributed by atoms with E-state index >= 15 is 0 Å². The van der Waals surface area contributed by atoms with Crippen molar-refractivity contribution in [2.75, 3.05) is 26.2 Å². The van der Waals surface area contributed by atoms with Gasteiger partial charge < -0.3 is 10.2 Å². The molecule has 2 heterocycles. The summed E-state index contributed by atoms with van der Waals surface area (Å²) >= 11 is 0. The van der Waals surface area contributed by atoms with Crippen molar-refractivity contribution in [1.29, 1.82) is 0 Å². The second-order valence-electron chi connectivity index (χ2n) is 10.1. The SMILES string of the molecule is O=C(NO)c1ccc(CCCN2CCC(CN[C@@H]3C[C@H]3c3ccc(-c4cncnc4)cc3)CC2)cc1. The van der Waals surface area contributed by atoms with Gasteiger partial charge in [0.1, 0.15) is 6.33 Å². The Hall–Kier alpha value is -3.13. The number of piperidine rings is 1. The first-order chi connectivity index (χ1) is 17.7. The van der Waals surface area contributed by atoms with Gasteiger partial charge in [0, 0.05) is 35.5 Å². The van der Waals surface area contributed by atoms with Crippen molar-refractivity contribution < 1.29 is 10.0 Å². The van der Waals surface area contributed by atoms with Gasteiger partial charge in [0.2, 0.25) is 0 Å². The smallest absolute Gasteiger partial charge is 0.274 e. The molecule has 0 bridgehead atoms. The maximum atomic E-state index is 11.4. The van der Waals surface area contributed by atoms with Crippen molar-refractivity contribution in [3.05, 3.63) is 83.9 Å². The summed E-state index contributed by atoms with van der Waals surface area (Å²) in [7, 11) is 0. The number of benzene rings is 2. The van der Waals surface area contributed by atoms with Crippen molar-refractivity contribution in [3.8, 4) is 11.1 Å². The molecule has 36 heavy (non-hydrogen) atoms. The molecule has 1 aromatic heterocycles. The third kappa shape index (κ3) is 6.35. The molecular weight excluding hydrogens is 450 g/mol. The number of aromatic nitrogens is 2. The minimum atomic E-state index is -0.468. The van der Waals surface area contributed by atoms with Crippen LogP contribution in [0.2, 0.25) is 0 Å². The zero-order chi connectivity index (χ0) is 24.7.